The summed E-state index contributed by atoms with van der Waals surface area (Å²) < 4.78 is 126. The number of hydrogen-bond acceptors (Lipinski definition) is 14. The molecule has 0 spiro atoms. The SMILES string of the molecule is O=S(=O)(c1ccccc1)n1cc(I)c2cc(-c3ccccc3)cnc21.O=S(=O)(c1ccccc1)n1cc(I)c2cc(-c3ccccc3F)cnc21.O=S(=O)(c1ccccc1)n1cc(I)c2cc(-c3cccs3)cnc21.O=S(=O)(c1ccccc1)n1cc(I)c2cc(-c3cccs3)cnc21. The first-order chi connectivity index (χ1) is 47.7. The van der Waals surface area contributed by atoms with Crippen LogP contribution >= 0.6 is 113 Å². The normalized spacial score (nSPS) is 11.8. The van der Waals surface area contributed by atoms with Gasteiger partial charge in [0.1, 0.15) is 5.82 Å². The molecule has 0 saturated carbocycles. The molecular formula is C72H47FI4N8O8S6. The number of hydrogen-bond donors (Lipinski definition) is 0. The van der Waals surface area contributed by atoms with Crippen LogP contribution < -0.4 is 0 Å². The average Bonchev–Trinajstić information content (AvgIpc) is 1.65. The van der Waals surface area contributed by atoms with Crippen molar-refractivity contribution < 1.29 is 38.1 Å². The van der Waals surface area contributed by atoms with Gasteiger partial charge in [0.15, 0.2) is 22.6 Å². The van der Waals surface area contributed by atoms with Crippen LogP contribution in [-0.4, -0.2) is 69.5 Å². The van der Waals surface area contributed by atoms with Crippen molar-refractivity contribution in [1.29, 1.82) is 0 Å². The smallest absolute Gasteiger partial charge is 0.237 e. The molecule has 494 valence electrons. The van der Waals surface area contributed by atoms with Gasteiger partial charge in [-0.15, -0.1) is 22.7 Å². The number of fused-ring (bicyclic) bond motifs is 4. The zero-order chi connectivity index (χ0) is 69.2. The number of pyridine rings is 4. The maximum absolute atomic E-state index is 14.1. The minimum absolute atomic E-state index is 0.188. The minimum atomic E-state index is -3.76. The lowest BCUT2D eigenvalue weighted by atomic mass is 10.1. The third-order valence-electron chi connectivity index (χ3n) is 15.4. The van der Waals surface area contributed by atoms with Crippen LogP contribution in [0.5, 0.6) is 0 Å². The van der Waals surface area contributed by atoms with Crippen molar-refractivity contribution in [2.75, 3.05) is 0 Å². The van der Waals surface area contributed by atoms with Gasteiger partial charge in [0.2, 0.25) is 0 Å². The first-order valence-corrected chi connectivity index (χ1v) is 41.3. The highest BCUT2D eigenvalue weighted by Gasteiger charge is 2.26. The summed E-state index contributed by atoms with van der Waals surface area (Å²) in [6, 6.07) is 65.5. The van der Waals surface area contributed by atoms with Crippen LogP contribution in [0.1, 0.15) is 0 Å². The van der Waals surface area contributed by atoms with Crippen molar-refractivity contribution in [3.8, 4) is 43.1 Å². The first-order valence-electron chi connectivity index (χ1n) is 29.5. The molecule has 16 rings (SSSR count). The Kier molecular flexibility index (Phi) is 20.7. The third kappa shape index (κ3) is 14.3. The fourth-order valence-corrected chi connectivity index (χ4v) is 20.8. The maximum Gasteiger partial charge on any atom is 0.269 e. The Hall–Kier alpha value is -7.87. The lowest BCUT2D eigenvalue weighted by molar-refractivity contribution is 0.587. The van der Waals surface area contributed by atoms with Gasteiger partial charge >= 0.3 is 0 Å². The molecule has 27 heteroatoms. The number of rotatable bonds is 12. The maximum atomic E-state index is 14.1. The Labute approximate surface area is 631 Å². The van der Waals surface area contributed by atoms with E-state index in [4.69, 9.17) is 0 Å². The van der Waals surface area contributed by atoms with Crippen molar-refractivity contribution in [2.45, 2.75) is 19.6 Å². The highest BCUT2D eigenvalue weighted by molar-refractivity contribution is 14.1. The van der Waals surface area contributed by atoms with Crippen LogP contribution in [-0.2, 0) is 40.1 Å². The Morgan fingerprint density at radius 3 is 0.889 bits per heavy atom. The lowest BCUT2D eigenvalue weighted by Crippen LogP contribution is -2.12. The fourth-order valence-electron chi connectivity index (χ4n) is 10.5. The molecule has 0 amide bonds. The van der Waals surface area contributed by atoms with E-state index in [2.05, 4.69) is 110 Å². The van der Waals surface area contributed by atoms with E-state index in [0.29, 0.717) is 39.1 Å². The molecular weight excluding hydrogens is 1820 g/mol. The molecule has 0 unspecified atom stereocenters. The zero-order valence-electron chi connectivity index (χ0n) is 50.8. The molecule has 0 N–H and O–H groups in total. The van der Waals surface area contributed by atoms with Crippen molar-refractivity contribution in [1.82, 2.24) is 35.8 Å². The molecule has 0 bridgehead atoms. The second-order valence-corrected chi connectivity index (χ2v) is 35.3. The van der Waals surface area contributed by atoms with Crippen LogP contribution in [0, 0.1) is 20.1 Å². The Bertz CT molecular complexity index is 5930. The molecule has 6 aromatic carbocycles. The van der Waals surface area contributed by atoms with E-state index in [0.717, 1.165) is 62.4 Å². The van der Waals surface area contributed by atoms with E-state index in [9.17, 15) is 38.1 Å². The molecule has 0 atom stereocenters. The zero-order valence-corrected chi connectivity index (χ0v) is 64.3. The van der Waals surface area contributed by atoms with Crippen molar-refractivity contribution in [3.63, 3.8) is 0 Å². The van der Waals surface area contributed by atoms with E-state index in [1.807, 2.05) is 83.6 Å². The van der Waals surface area contributed by atoms with E-state index < -0.39 is 40.1 Å². The van der Waals surface area contributed by atoms with Crippen LogP contribution in [0.2, 0.25) is 0 Å². The van der Waals surface area contributed by atoms with E-state index >= 15 is 0 Å². The number of nitrogens with zero attached hydrogens (tertiary/aromatic N) is 8. The summed E-state index contributed by atoms with van der Waals surface area (Å²) in [6.45, 7) is 0. The molecule has 10 heterocycles. The van der Waals surface area contributed by atoms with Crippen LogP contribution in [0.25, 0.3) is 87.3 Å². The van der Waals surface area contributed by atoms with Crippen molar-refractivity contribution in [2.24, 2.45) is 0 Å². The van der Waals surface area contributed by atoms with Gasteiger partial charge in [0.05, 0.1) is 19.6 Å². The van der Waals surface area contributed by atoms with Crippen LogP contribution in [0.3, 0.4) is 0 Å². The van der Waals surface area contributed by atoms with Gasteiger partial charge in [-0.3, -0.25) is 0 Å². The van der Waals surface area contributed by atoms with Gasteiger partial charge in [0.25, 0.3) is 40.1 Å². The number of thiophene rings is 2. The second-order valence-electron chi connectivity index (χ2n) is 21.5. The first kappa shape index (κ1) is 69.6. The molecule has 0 saturated heterocycles. The molecule has 0 radical (unpaired) electrons. The third-order valence-corrected chi connectivity index (χ3v) is 27.3. The van der Waals surface area contributed by atoms with Gasteiger partial charge in [-0.05, 0) is 198 Å². The van der Waals surface area contributed by atoms with Crippen molar-refractivity contribution in [3.05, 3.63) is 305 Å². The largest absolute Gasteiger partial charge is 0.269 e. The predicted octanol–water partition coefficient (Wildman–Crippen LogP) is 18.4. The summed E-state index contributed by atoms with van der Waals surface area (Å²) in [5.41, 5.74) is 6.67. The van der Waals surface area contributed by atoms with Crippen molar-refractivity contribution >= 4 is 197 Å². The highest BCUT2D eigenvalue weighted by atomic mass is 127. The average molecular weight is 1870 g/mol. The molecule has 0 fully saturated rings. The van der Waals surface area contributed by atoms with Gasteiger partial charge < -0.3 is 0 Å². The molecule has 16 aromatic rings. The summed E-state index contributed by atoms with van der Waals surface area (Å²) in [5.74, 6) is -0.347. The van der Waals surface area contributed by atoms with E-state index in [1.165, 1.54) is 34.3 Å². The van der Waals surface area contributed by atoms with E-state index in [1.54, 1.807) is 205 Å². The Morgan fingerprint density at radius 2 is 0.576 bits per heavy atom. The molecule has 99 heavy (non-hydrogen) atoms. The lowest BCUT2D eigenvalue weighted by Gasteiger charge is -2.07. The summed E-state index contributed by atoms with van der Waals surface area (Å²) in [4.78, 5) is 20.8. The predicted molar refractivity (Wildman–Crippen MR) is 423 cm³/mol. The van der Waals surface area contributed by atoms with Gasteiger partial charge in [0, 0.05) is 123 Å². The summed E-state index contributed by atoms with van der Waals surface area (Å²) >= 11 is 11.8. The molecule has 0 aliphatic heterocycles. The number of halogens is 5. The topological polar surface area (TPSA) is 208 Å². The summed E-state index contributed by atoms with van der Waals surface area (Å²) in [6.07, 6.45) is 13.1. The van der Waals surface area contributed by atoms with Gasteiger partial charge in [-0.2, -0.15) is 0 Å². The fraction of sp³-hybridized carbons (Fsp3) is 0. The van der Waals surface area contributed by atoms with Crippen LogP contribution in [0.15, 0.2) is 304 Å². The quantitative estimate of drug-likeness (QED) is 0.105. The second kappa shape index (κ2) is 29.4. The molecule has 16 nitrogen and oxygen atoms in total. The van der Waals surface area contributed by atoms with E-state index in [-0.39, 0.29) is 25.4 Å². The Morgan fingerprint density at radius 1 is 0.303 bits per heavy atom. The van der Waals surface area contributed by atoms with Crippen LogP contribution in [0.4, 0.5) is 4.39 Å². The Balaban J connectivity index is 0.000000119. The molecule has 10 aromatic heterocycles. The monoisotopic (exact) mass is 1870 g/mol. The standard InChI is InChI=1S/C19H12FIN2O2S.C19H13IN2O2S.2C17H11IN2O2S2/c20-17-9-5-4-8-15(17)13-10-16-18(21)12-23(19(16)22-11-13)26(24,25)14-6-2-1-3-7-14;20-18-13-22(25(23,24)16-9-5-2-6-10-16)19-17(18)11-15(12-21-19)14-7-3-1-4-8-14;2*18-15-11-20(24(21,22)13-5-2-1-3-6-13)17-14(15)9-12(10-19-17)16-7-4-8-23-16/h1-12H;1-13H;2*1-11H. The number of benzene rings is 6. The summed E-state index contributed by atoms with van der Waals surface area (Å²) in [5, 5.41) is 7.17. The summed E-state index contributed by atoms with van der Waals surface area (Å²) in [7, 11) is -14.7. The highest BCUT2D eigenvalue weighted by Crippen LogP contribution is 2.36. The molecule has 0 aliphatic carbocycles. The molecule has 0 aliphatic rings. The van der Waals surface area contributed by atoms with Gasteiger partial charge in [-0.25, -0.2) is 73.9 Å². The number of aromatic nitrogens is 8. The van der Waals surface area contributed by atoms with Gasteiger partial charge in [-0.1, -0.05) is 133 Å². The minimum Gasteiger partial charge on any atom is -0.237 e.